The predicted molar refractivity (Wildman–Crippen MR) is 165 cm³/mol. The van der Waals surface area contributed by atoms with Crippen molar-refractivity contribution in [1.82, 2.24) is 10.2 Å². The van der Waals surface area contributed by atoms with E-state index in [2.05, 4.69) is 5.32 Å². The largest absolute Gasteiger partial charge is 0.352 e. The lowest BCUT2D eigenvalue weighted by atomic mass is 10.1. The van der Waals surface area contributed by atoms with E-state index in [1.165, 1.54) is 4.90 Å². The molecule has 0 fully saturated rings. The monoisotopic (exact) mass is 577 g/mol. The van der Waals surface area contributed by atoms with Crippen LogP contribution < -0.4 is 9.62 Å². The van der Waals surface area contributed by atoms with E-state index in [1.54, 1.807) is 36.4 Å². The molecule has 2 amide bonds. The second-order valence-corrected chi connectivity index (χ2v) is 12.7. The van der Waals surface area contributed by atoms with Gasteiger partial charge < -0.3 is 10.2 Å². The zero-order valence-corrected chi connectivity index (χ0v) is 26.1. The number of benzene rings is 3. The number of aryl methyl sites for hydroxylation is 4. The Morgan fingerprint density at radius 3 is 2.10 bits per heavy atom. The van der Waals surface area contributed by atoms with Gasteiger partial charge in [-0.2, -0.15) is 0 Å². The van der Waals surface area contributed by atoms with Crippen LogP contribution in [0.3, 0.4) is 0 Å². The van der Waals surface area contributed by atoms with Crippen LogP contribution in [0.1, 0.15) is 61.4 Å². The third-order valence-corrected chi connectivity index (χ3v) is 9.28. The van der Waals surface area contributed by atoms with Gasteiger partial charge in [0, 0.05) is 12.6 Å². The molecular formula is C33H43N3O4S. The number of hydrogen-bond acceptors (Lipinski definition) is 4. The molecule has 2 atom stereocenters. The first kappa shape index (κ1) is 31.9. The molecule has 0 saturated carbocycles. The van der Waals surface area contributed by atoms with Crippen molar-refractivity contribution in [3.8, 4) is 0 Å². The molecule has 7 nitrogen and oxygen atoms in total. The van der Waals surface area contributed by atoms with E-state index in [1.807, 2.05) is 78.8 Å². The normalized spacial score (nSPS) is 12.9. The summed E-state index contributed by atoms with van der Waals surface area (Å²) in [5.74, 6) is -0.700. The summed E-state index contributed by atoms with van der Waals surface area (Å²) in [5, 5.41) is 3.01. The van der Waals surface area contributed by atoms with E-state index in [0.29, 0.717) is 12.1 Å². The minimum atomic E-state index is -4.10. The summed E-state index contributed by atoms with van der Waals surface area (Å²) in [7, 11) is -4.10. The van der Waals surface area contributed by atoms with E-state index in [4.69, 9.17) is 0 Å². The molecule has 3 rings (SSSR count). The van der Waals surface area contributed by atoms with Crippen molar-refractivity contribution in [3.63, 3.8) is 0 Å². The molecule has 0 aromatic heterocycles. The highest BCUT2D eigenvalue weighted by atomic mass is 32.2. The topological polar surface area (TPSA) is 86.8 Å². The first-order chi connectivity index (χ1) is 19.4. The Labute approximate surface area is 245 Å². The molecule has 8 heteroatoms. The van der Waals surface area contributed by atoms with Crippen LogP contribution in [0.5, 0.6) is 0 Å². The van der Waals surface area contributed by atoms with Crippen molar-refractivity contribution in [3.05, 3.63) is 94.5 Å². The SMILES string of the molecule is CC[C@@H](C)NC(=O)[C@@H](CC)N(Cc1cccc(C)c1)C(=O)CN(c1ccc(C)c(C)c1)S(=O)(=O)c1ccc(C)cc1. The van der Waals surface area contributed by atoms with Crippen molar-refractivity contribution in [2.24, 2.45) is 0 Å². The minimum absolute atomic E-state index is 0.0542. The number of anilines is 1. The number of amides is 2. The molecule has 0 aliphatic heterocycles. The molecule has 1 N–H and O–H groups in total. The van der Waals surface area contributed by atoms with Crippen molar-refractivity contribution in [1.29, 1.82) is 0 Å². The Balaban J connectivity index is 2.09. The second kappa shape index (κ2) is 13.8. The summed E-state index contributed by atoms with van der Waals surface area (Å²) in [4.78, 5) is 29.2. The Morgan fingerprint density at radius 1 is 0.829 bits per heavy atom. The summed E-state index contributed by atoms with van der Waals surface area (Å²) >= 11 is 0. The number of rotatable bonds is 12. The third kappa shape index (κ3) is 7.97. The van der Waals surface area contributed by atoms with Crippen molar-refractivity contribution < 1.29 is 18.0 Å². The lowest BCUT2D eigenvalue weighted by Gasteiger charge is -2.34. The highest BCUT2D eigenvalue weighted by molar-refractivity contribution is 7.92. The highest BCUT2D eigenvalue weighted by Crippen LogP contribution is 2.27. The van der Waals surface area contributed by atoms with Crippen molar-refractivity contribution in [2.75, 3.05) is 10.8 Å². The lowest BCUT2D eigenvalue weighted by molar-refractivity contribution is -0.140. The van der Waals surface area contributed by atoms with Gasteiger partial charge in [0.2, 0.25) is 11.8 Å². The number of nitrogens with zero attached hydrogens (tertiary/aromatic N) is 2. The molecular weight excluding hydrogens is 534 g/mol. The van der Waals surface area contributed by atoms with Gasteiger partial charge in [0.15, 0.2) is 0 Å². The van der Waals surface area contributed by atoms with Gasteiger partial charge in [-0.25, -0.2) is 8.42 Å². The molecule has 0 aliphatic rings. The highest BCUT2D eigenvalue weighted by Gasteiger charge is 2.34. The second-order valence-electron chi connectivity index (χ2n) is 10.8. The maximum atomic E-state index is 14.2. The Bertz CT molecular complexity index is 1470. The van der Waals surface area contributed by atoms with Crippen molar-refractivity contribution >= 4 is 27.5 Å². The van der Waals surface area contributed by atoms with E-state index in [-0.39, 0.29) is 23.4 Å². The molecule has 220 valence electrons. The quantitative estimate of drug-likeness (QED) is 0.293. The number of hydrogen-bond donors (Lipinski definition) is 1. The van der Waals surface area contributed by atoms with E-state index in [9.17, 15) is 18.0 Å². The maximum Gasteiger partial charge on any atom is 0.264 e. The Morgan fingerprint density at radius 2 is 1.51 bits per heavy atom. The van der Waals surface area contributed by atoms with Gasteiger partial charge >= 0.3 is 0 Å². The van der Waals surface area contributed by atoms with Crippen LogP contribution in [-0.4, -0.2) is 43.8 Å². The predicted octanol–water partition coefficient (Wildman–Crippen LogP) is 5.84. The molecule has 0 saturated heterocycles. The van der Waals surface area contributed by atoms with Crippen LogP contribution in [-0.2, 0) is 26.2 Å². The van der Waals surface area contributed by atoms with E-state index < -0.39 is 28.5 Å². The van der Waals surface area contributed by atoms with Crippen LogP contribution in [0, 0.1) is 27.7 Å². The van der Waals surface area contributed by atoms with Gasteiger partial charge in [0.05, 0.1) is 10.6 Å². The summed E-state index contributed by atoms with van der Waals surface area (Å²) in [5.41, 5.74) is 5.16. The summed E-state index contributed by atoms with van der Waals surface area (Å²) in [6.45, 7) is 13.2. The Hall–Kier alpha value is -3.65. The fraction of sp³-hybridized carbons (Fsp3) is 0.394. The smallest absolute Gasteiger partial charge is 0.264 e. The van der Waals surface area contributed by atoms with Crippen LogP contribution in [0.25, 0.3) is 0 Å². The molecule has 41 heavy (non-hydrogen) atoms. The number of carbonyl (C=O) groups excluding carboxylic acids is 2. The van der Waals surface area contributed by atoms with Crippen LogP contribution in [0.2, 0.25) is 0 Å². The molecule has 0 unspecified atom stereocenters. The molecule has 0 heterocycles. The zero-order chi connectivity index (χ0) is 30.3. The van der Waals surface area contributed by atoms with Crippen LogP contribution >= 0.6 is 0 Å². The molecule has 0 radical (unpaired) electrons. The van der Waals surface area contributed by atoms with E-state index >= 15 is 0 Å². The summed E-state index contributed by atoms with van der Waals surface area (Å²) in [6.07, 6.45) is 1.14. The maximum absolute atomic E-state index is 14.2. The molecule has 0 bridgehead atoms. The molecule has 0 spiro atoms. The summed E-state index contributed by atoms with van der Waals surface area (Å²) < 4.78 is 29.2. The fourth-order valence-corrected chi connectivity index (χ4v) is 6.02. The van der Waals surface area contributed by atoms with Gasteiger partial charge in [-0.1, -0.05) is 67.4 Å². The number of carbonyl (C=O) groups is 2. The first-order valence-electron chi connectivity index (χ1n) is 14.2. The fourth-order valence-electron chi connectivity index (χ4n) is 4.61. The van der Waals surface area contributed by atoms with Gasteiger partial charge in [0.25, 0.3) is 10.0 Å². The Kier molecular flexibility index (Phi) is 10.7. The van der Waals surface area contributed by atoms with Crippen LogP contribution in [0.4, 0.5) is 5.69 Å². The number of nitrogens with one attached hydrogen (secondary N) is 1. The lowest BCUT2D eigenvalue weighted by Crippen LogP contribution is -2.53. The third-order valence-electron chi connectivity index (χ3n) is 7.49. The van der Waals surface area contributed by atoms with Crippen molar-refractivity contribution in [2.45, 2.75) is 84.8 Å². The standard InChI is InChI=1S/C33H43N3O4S/c1-8-27(7)34-33(38)31(9-2)35(21-28-12-10-11-24(4)19-28)32(37)22-36(29-16-15-25(5)26(6)20-29)41(39,40)30-17-13-23(3)14-18-30/h10-20,27,31H,8-9,21-22H2,1-7H3,(H,34,38)/t27-,31-/m1/s1. The molecule has 3 aromatic carbocycles. The van der Waals surface area contributed by atoms with E-state index in [0.717, 1.165) is 38.5 Å². The zero-order valence-electron chi connectivity index (χ0n) is 25.3. The average Bonchev–Trinajstić information content (AvgIpc) is 2.93. The minimum Gasteiger partial charge on any atom is -0.352 e. The van der Waals surface area contributed by atoms with Gasteiger partial charge in [0.1, 0.15) is 12.6 Å². The molecule has 0 aliphatic carbocycles. The molecule has 3 aromatic rings. The first-order valence-corrected chi connectivity index (χ1v) is 15.6. The van der Waals surface area contributed by atoms with Gasteiger partial charge in [-0.3, -0.25) is 13.9 Å². The number of sulfonamides is 1. The van der Waals surface area contributed by atoms with Gasteiger partial charge in [-0.15, -0.1) is 0 Å². The summed E-state index contributed by atoms with van der Waals surface area (Å²) in [6, 6.07) is 18.9. The van der Waals surface area contributed by atoms with Gasteiger partial charge in [-0.05, 0) is 88.4 Å². The average molecular weight is 578 g/mol. The van der Waals surface area contributed by atoms with Crippen LogP contribution in [0.15, 0.2) is 71.6 Å².